The molecule has 1 aliphatic heterocycles. The van der Waals surface area contributed by atoms with Gasteiger partial charge in [0.05, 0.1) is 20.3 Å². The maximum absolute atomic E-state index is 13.2. The van der Waals surface area contributed by atoms with Crippen LogP contribution in [0.4, 0.5) is 0 Å². The number of likely N-dealkylation sites (tertiary alicyclic amines) is 1. The number of hydrogen-bond donors (Lipinski definition) is 0. The van der Waals surface area contributed by atoms with Gasteiger partial charge in [0.25, 0.3) is 5.91 Å². The summed E-state index contributed by atoms with van der Waals surface area (Å²) in [7, 11) is 3.11. The lowest BCUT2D eigenvalue weighted by atomic mass is 10.1. The summed E-state index contributed by atoms with van der Waals surface area (Å²) in [5.74, 6) is 2.02. The Morgan fingerprint density at radius 3 is 2.52 bits per heavy atom. The lowest BCUT2D eigenvalue weighted by molar-refractivity contribution is 0.0723. The van der Waals surface area contributed by atoms with Gasteiger partial charge >= 0.3 is 0 Å². The first-order valence-electron chi connectivity index (χ1n) is 8.55. The molecule has 1 saturated heterocycles. The van der Waals surface area contributed by atoms with Gasteiger partial charge < -0.3 is 18.9 Å². The Labute approximate surface area is 147 Å². The molecule has 0 radical (unpaired) electrons. The van der Waals surface area contributed by atoms with E-state index >= 15 is 0 Å². The Kier molecular flexibility index (Phi) is 4.97. The van der Waals surface area contributed by atoms with Gasteiger partial charge in [0.2, 0.25) is 0 Å². The number of ether oxygens (including phenoxy) is 2. The highest BCUT2D eigenvalue weighted by atomic mass is 16.5. The zero-order chi connectivity index (χ0) is 18.0. The second kappa shape index (κ2) is 7.17. The maximum Gasteiger partial charge on any atom is 0.261 e. The SMILES string of the molecule is COc1cccc(OC)c1C(=O)N1CCC[C@@H]1c1cc(C(C)C)on1. The Balaban J connectivity index is 1.93. The summed E-state index contributed by atoms with van der Waals surface area (Å²) in [5.41, 5.74) is 1.26. The van der Waals surface area contributed by atoms with E-state index in [1.54, 1.807) is 26.4 Å². The van der Waals surface area contributed by atoms with Crippen molar-refractivity contribution in [3.63, 3.8) is 0 Å². The summed E-state index contributed by atoms with van der Waals surface area (Å²) >= 11 is 0. The number of hydrogen-bond acceptors (Lipinski definition) is 5. The molecule has 6 heteroatoms. The van der Waals surface area contributed by atoms with E-state index in [4.69, 9.17) is 14.0 Å². The Bertz CT molecular complexity index is 731. The third-order valence-electron chi connectivity index (χ3n) is 4.61. The highest BCUT2D eigenvalue weighted by Crippen LogP contribution is 2.37. The van der Waals surface area contributed by atoms with E-state index in [1.807, 2.05) is 17.0 Å². The van der Waals surface area contributed by atoms with Crippen LogP contribution in [-0.4, -0.2) is 36.7 Å². The Hall–Kier alpha value is -2.50. The summed E-state index contributed by atoms with van der Waals surface area (Å²) in [6.07, 6.45) is 1.80. The molecule has 0 saturated carbocycles. The van der Waals surface area contributed by atoms with Crippen LogP contribution in [0.15, 0.2) is 28.8 Å². The highest BCUT2D eigenvalue weighted by molar-refractivity contribution is 6.00. The summed E-state index contributed by atoms with van der Waals surface area (Å²) in [6.45, 7) is 4.79. The molecule has 0 aliphatic carbocycles. The minimum absolute atomic E-state index is 0.0848. The van der Waals surface area contributed by atoms with Gasteiger partial charge in [-0.15, -0.1) is 0 Å². The lowest BCUT2D eigenvalue weighted by Crippen LogP contribution is -2.31. The minimum atomic E-state index is -0.106. The molecule has 1 atom stereocenters. The van der Waals surface area contributed by atoms with Crippen molar-refractivity contribution < 1.29 is 18.8 Å². The monoisotopic (exact) mass is 344 g/mol. The number of aromatic nitrogens is 1. The minimum Gasteiger partial charge on any atom is -0.496 e. The van der Waals surface area contributed by atoms with Crippen LogP contribution in [0.1, 0.15) is 60.5 Å². The van der Waals surface area contributed by atoms with Crippen molar-refractivity contribution in [2.24, 2.45) is 0 Å². The number of methoxy groups -OCH3 is 2. The molecular formula is C19H24N2O4. The Morgan fingerprint density at radius 2 is 1.96 bits per heavy atom. The zero-order valence-corrected chi connectivity index (χ0v) is 15.1. The average molecular weight is 344 g/mol. The van der Waals surface area contributed by atoms with E-state index in [2.05, 4.69) is 19.0 Å². The van der Waals surface area contributed by atoms with E-state index in [0.29, 0.717) is 23.6 Å². The molecule has 134 valence electrons. The van der Waals surface area contributed by atoms with Crippen LogP contribution in [0.3, 0.4) is 0 Å². The number of carbonyl (C=O) groups excluding carboxylic acids is 1. The summed E-state index contributed by atoms with van der Waals surface area (Å²) < 4.78 is 16.2. The molecule has 25 heavy (non-hydrogen) atoms. The molecule has 6 nitrogen and oxygen atoms in total. The van der Waals surface area contributed by atoms with Crippen LogP contribution >= 0.6 is 0 Å². The van der Waals surface area contributed by atoms with Crippen molar-refractivity contribution in [3.8, 4) is 11.5 Å². The molecule has 2 aromatic rings. The molecule has 2 heterocycles. The third-order valence-corrected chi connectivity index (χ3v) is 4.61. The molecule has 3 rings (SSSR count). The van der Waals surface area contributed by atoms with E-state index < -0.39 is 0 Å². The quantitative estimate of drug-likeness (QED) is 0.825. The van der Waals surface area contributed by atoms with Crippen molar-refractivity contribution in [1.29, 1.82) is 0 Å². The second-order valence-corrected chi connectivity index (χ2v) is 6.50. The number of carbonyl (C=O) groups is 1. The van der Waals surface area contributed by atoms with Gasteiger partial charge in [0.15, 0.2) is 0 Å². The third kappa shape index (κ3) is 3.21. The lowest BCUT2D eigenvalue weighted by Gasteiger charge is -2.24. The first-order valence-corrected chi connectivity index (χ1v) is 8.55. The first kappa shape index (κ1) is 17.3. The van der Waals surface area contributed by atoms with Crippen molar-refractivity contribution in [1.82, 2.24) is 10.1 Å². The maximum atomic E-state index is 13.2. The molecule has 1 aromatic carbocycles. The van der Waals surface area contributed by atoms with Crippen LogP contribution in [0, 0.1) is 0 Å². The van der Waals surface area contributed by atoms with Crippen LogP contribution in [0.2, 0.25) is 0 Å². The van der Waals surface area contributed by atoms with Gasteiger partial charge in [0.1, 0.15) is 28.5 Å². The highest BCUT2D eigenvalue weighted by Gasteiger charge is 2.35. The number of nitrogens with zero attached hydrogens (tertiary/aromatic N) is 2. The fourth-order valence-electron chi connectivity index (χ4n) is 3.26. The second-order valence-electron chi connectivity index (χ2n) is 6.50. The molecule has 1 aliphatic rings. The van der Waals surface area contributed by atoms with E-state index in [9.17, 15) is 4.79 Å². The zero-order valence-electron chi connectivity index (χ0n) is 15.1. The normalized spacial score (nSPS) is 17.2. The van der Waals surface area contributed by atoms with Gasteiger partial charge in [-0.05, 0) is 25.0 Å². The molecule has 1 fully saturated rings. The van der Waals surface area contributed by atoms with Crippen molar-refractivity contribution in [2.45, 2.75) is 38.6 Å². The van der Waals surface area contributed by atoms with Gasteiger partial charge in [-0.25, -0.2) is 0 Å². The topological polar surface area (TPSA) is 64.8 Å². The predicted molar refractivity (Wildman–Crippen MR) is 93.1 cm³/mol. The molecule has 0 bridgehead atoms. The van der Waals surface area contributed by atoms with Crippen LogP contribution < -0.4 is 9.47 Å². The fraction of sp³-hybridized carbons (Fsp3) is 0.474. The summed E-state index contributed by atoms with van der Waals surface area (Å²) in [5, 5.41) is 4.20. The molecule has 0 N–H and O–H groups in total. The van der Waals surface area contributed by atoms with Crippen molar-refractivity contribution in [3.05, 3.63) is 41.3 Å². The van der Waals surface area contributed by atoms with E-state index in [0.717, 1.165) is 24.3 Å². The fourth-order valence-corrected chi connectivity index (χ4v) is 3.26. The van der Waals surface area contributed by atoms with Gasteiger partial charge in [-0.3, -0.25) is 4.79 Å². The predicted octanol–water partition coefficient (Wildman–Crippen LogP) is 3.79. The molecule has 0 unspecified atom stereocenters. The largest absolute Gasteiger partial charge is 0.496 e. The smallest absolute Gasteiger partial charge is 0.261 e. The number of amides is 1. The summed E-state index contributed by atoms with van der Waals surface area (Å²) in [4.78, 5) is 15.1. The molecule has 1 aromatic heterocycles. The van der Waals surface area contributed by atoms with Gasteiger partial charge in [-0.2, -0.15) is 0 Å². The van der Waals surface area contributed by atoms with E-state index in [1.165, 1.54) is 0 Å². The van der Waals surface area contributed by atoms with Gasteiger partial charge in [0, 0.05) is 18.5 Å². The molecular weight excluding hydrogens is 320 g/mol. The summed E-state index contributed by atoms with van der Waals surface area (Å²) in [6, 6.07) is 7.23. The number of benzene rings is 1. The van der Waals surface area contributed by atoms with Gasteiger partial charge in [-0.1, -0.05) is 25.1 Å². The van der Waals surface area contributed by atoms with Crippen molar-refractivity contribution in [2.75, 3.05) is 20.8 Å². The Morgan fingerprint density at radius 1 is 1.28 bits per heavy atom. The number of rotatable bonds is 5. The van der Waals surface area contributed by atoms with Crippen LogP contribution in [0.5, 0.6) is 11.5 Å². The average Bonchev–Trinajstić information content (AvgIpc) is 3.28. The van der Waals surface area contributed by atoms with E-state index in [-0.39, 0.29) is 17.9 Å². The van der Waals surface area contributed by atoms with Crippen LogP contribution in [0.25, 0.3) is 0 Å². The standard InChI is InChI=1S/C19H24N2O4/c1-12(2)17-11-13(20-25-17)14-7-6-10-21(14)19(22)18-15(23-3)8-5-9-16(18)24-4/h5,8-9,11-12,14H,6-7,10H2,1-4H3/t14-/m1/s1. The first-order chi connectivity index (χ1) is 12.1. The molecule has 1 amide bonds. The van der Waals surface area contributed by atoms with Crippen LogP contribution in [-0.2, 0) is 0 Å². The molecule has 0 spiro atoms. The van der Waals surface area contributed by atoms with Crippen molar-refractivity contribution >= 4 is 5.91 Å².